The maximum atomic E-state index is 12.0. The topological polar surface area (TPSA) is 68.3 Å². The summed E-state index contributed by atoms with van der Waals surface area (Å²) in [5.41, 5.74) is 0.853. The van der Waals surface area contributed by atoms with E-state index in [1.807, 2.05) is 24.3 Å². The minimum atomic E-state index is -4.51. The van der Waals surface area contributed by atoms with E-state index in [9.17, 15) is 22.8 Å². The Labute approximate surface area is 153 Å². The molecule has 0 aliphatic rings. The van der Waals surface area contributed by atoms with E-state index >= 15 is 0 Å². The van der Waals surface area contributed by atoms with Gasteiger partial charge in [0.25, 0.3) is 5.91 Å². The van der Waals surface area contributed by atoms with E-state index in [0.717, 1.165) is 31.4 Å². The van der Waals surface area contributed by atoms with E-state index in [0.29, 0.717) is 0 Å². The van der Waals surface area contributed by atoms with Gasteiger partial charge < -0.3 is 10.1 Å². The summed E-state index contributed by atoms with van der Waals surface area (Å²) < 4.78 is 41.7. The maximum absolute atomic E-state index is 12.0. The van der Waals surface area contributed by atoms with Crippen LogP contribution in [0.5, 0.6) is 0 Å². The highest BCUT2D eigenvalue weighted by Crippen LogP contribution is 2.34. The van der Waals surface area contributed by atoms with Gasteiger partial charge >= 0.3 is 12.1 Å². The molecule has 5 nitrogen and oxygen atoms in total. The number of ether oxygens (including phenoxy) is 1. The number of thiazole rings is 1. The molecule has 0 spiro atoms. The van der Waals surface area contributed by atoms with Crippen LogP contribution in [0.2, 0.25) is 0 Å². The Kier molecular flexibility index (Phi) is 5.23. The highest BCUT2D eigenvalue weighted by Gasteiger charge is 2.27. The van der Waals surface area contributed by atoms with E-state index in [1.165, 1.54) is 17.4 Å². The molecule has 0 saturated carbocycles. The Balaban J connectivity index is 1.60. The standard InChI is InChI=1S/C16H11F3N2O3S2/c17-16(18,19)8-20-13(22)7-24-15(23)12-6-5-11(25-12)14-21-9-3-1-2-4-10(9)26-14/h1-6H,7-8H2,(H,20,22). The number of halogens is 3. The molecule has 1 aromatic carbocycles. The summed E-state index contributed by atoms with van der Waals surface area (Å²) in [6, 6.07) is 10.9. The number of para-hydroxylation sites is 1. The first kappa shape index (κ1) is 18.3. The third-order valence-corrected chi connectivity index (χ3v) is 5.40. The largest absolute Gasteiger partial charge is 0.451 e. The van der Waals surface area contributed by atoms with Crippen molar-refractivity contribution in [1.82, 2.24) is 10.3 Å². The highest BCUT2D eigenvalue weighted by atomic mass is 32.1. The Morgan fingerprint density at radius 2 is 1.88 bits per heavy atom. The van der Waals surface area contributed by atoms with Gasteiger partial charge in [0, 0.05) is 0 Å². The van der Waals surface area contributed by atoms with Crippen LogP contribution in [0.3, 0.4) is 0 Å². The molecule has 0 fully saturated rings. The second-order valence-corrected chi connectivity index (χ2v) is 7.23. The number of amides is 1. The minimum absolute atomic E-state index is 0.239. The van der Waals surface area contributed by atoms with E-state index in [-0.39, 0.29) is 4.88 Å². The van der Waals surface area contributed by atoms with Gasteiger partial charge in [-0.3, -0.25) is 4.79 Å². The molecule has 3 rings (SSSR count). The fourth-order valence-corrected chi connectivity index (χ4v) is 3.91. The molecule has 26 heavy (non-hydrogen) atoms. The number of aromatic nitrogens is 1. The third kappa shape index (κ3) is 4.58. The van der Waals surface area contributed by atoms with Gasteiger partial charge in [-0.15, -0.1) is 22.7 Å². The molecule has 0 aliphatic carbocycles. The smallest absolute Gasteiger partial charge is 0.405 e. The lowest BCUT2D eigenvalue weighted by molar-refractivity contribution is -0.140. The molecule has 3 aromatic rings. The first-order valence-corrected chi connectivity index (χ1v) is 8.91. The Hall–Kier alpha value is -2.46. The SMILES string of the molecule is O=C(COC(=O)c1ccc(-c2nc3ccccc3s2)s1)NCC(F)(F)F. The molecule has 0 atom stereocenters. The van der Waals surface area contributed by atoms with Crippen LogP contribution in [0.1, 0.15) is 9.67 Å². The number of hydrogen-bond donors (Lipinski definition) is 1. The number of nitrogens with one attached hydrogen (secondary N) is 1. The number of carbonyl (C=O) groups excluding carboxylic acids is 2. The van der Waals surface area contributed by atoms with Gasteiger partial charge in [-0.25, -0.2) is 9.78 Å². The molecular formula is C16H11F3N2O3S2. The molecular weight excluding hydrogens is 389 g/mol. The number of thiophene rings is 1. The van der Waals surface area contributed by atoms with Crippen molar-refractivity contribution in [3.8, 4) is 9.88 Å². The normalized spacial score (nSPS) is 11.5. The van der Waals surface area contributed by atoms with Crippen LogP contribution in [0, 0.1) is 0 Å². The van der Waals surface area contributed by atoms with Crippen molar-refractivity contribution in [2.75, 3.05) is 13.2 Å². The number of fused-ring (bicyclic) bond motifs is 1. The number of carbonyl (C=O) groups is 2. The van der Waals surface area contributed by atoms with Gasteiger partial charge in [-0.1, -0.05) is 12.1 Å². The van der Waals surface area contributed by atoms with Crippen molar-refractivity contribution >= 4 is 44.8 Å². The molecule has 136 valence electrons. The number of hydrogen-bond acceptors (Lipinski definition) is 6. The van der Waals surface area contributed by atoms with E-state index in [4.69, 9.17) is 4.74 Å². The molecule has 2 heterocycles. The lowest BCUT2D eigenvalue weighted by Gasteiger charge is -2.08. The van der Waals surface area contributed by atoms with Crippen LogP contribution >= 0.6 is 22.7 Å². The molecule has 0 radical (unpaired) electrons. The van der Waals surface area contributed by atoms with Crippen LogP contribution in [-0.4, -0.2) is 36.2 Å². The Morgan fingerprint density at radius 3 is 2.62 bits per heavy atom. The summed E-state index contributed by atoms with van der Waals surface area (Å²) >= 11 is 2.62. The highest BCUT2D eigenvalue weighted by molar-refractivity contribution is 7.26. The van der Waals surface area contributed by atoms with E-state index < -0.39 is 31.2 Å². The minimum Gasteiger partial charge on any atom is -0.451 e. The van der Waals surface area contributed by atoms with Crippen molar-refractivity contribution in [2.45, 2.75) is 6.18 Å². The number of benzene rings is 1. The number of esters is 1. The van der Waals surface area contributed by atoms with Gasteiger partial charge in [0.1, 0.15) is 16.4 Å². The Bertz CT molecular complexity index is 917. The lowest BCUT2D eigenvalue weighted by Crippen LogP contribution is -2.36. The first-order chi connectivity index (χ1) is 12.3. The van der Waals surface area contributed by atoms with Crippen LogP contribution in [0.15, 0.2) is 36.4 Å². The van der Waals surface area contributed by atoms with Crippen LogP contribution < -0.4 is 5.32 Å². The van der Waals surface area contributed by atoms with Crippen molar-refractivity contribution in [3.63, 3.8) is 0 Å². The summed E-state index contributed by atoms with van der Waals surface area (Å²) in [5, 5.41) is 2.38. The van der Waals surface area contributed by atoms with Crippen LogP contribution in [0.25, 0.3) is 20.1 Å². The molecule has 0 unspecified atom stereocenters. The molecule has 2 aromatic heterocycles. The predicted octanol–water partition coefficient (Wildman–Crippen LogP) is 3.86. The number of nitrogens with zero attached hydrogens (tertiary/aromatic N) is 1. The maximum Gasteiger partial charge on any atom is 0.405 e. The Morgan fingerprint density at radius 1 is 1.12 bits per heavy atom. The third-order valence-electron chi connectivity index (χ3n) is 3.13. The second-order valence-electron chi connectivity index (χ2n) is 5.12. The zero-order valence-corrected chi connectivity index (χ0v) is 14.6. The molecule has 1 N–H and O–H groups in total. The number of alkyl halides is 3. The molecule has 10 heteroatoms. The predicted molar refractivity (Wildman–Crippen MR) is 92.3 cm³/mol. The van der Waals surface area contributed by atoms with Crippen LogP contribution in [-0.2, 0) is 9.53 Å². The molecule has 0 bridgehead atoms. The first-order valence-electron chi connectivity index (χ1n) is 7.28. The van der Waals surface area contributed by atoms with Crippen molar-refractivity contribution in [2.24, 2.45) is 0 Å². The van der Waals surface area contributed by atoms with E-state index in [2.05, 4.69) is 4.98 Å². The second kappa shape index (κ2) is 7.42. The van der Waals surface area contributed by atoms with E-state index in [1.54, 1.807) is 11.4 Å². The lowest BCUT2D eigenvalue weighted by atomic mass is 10.3. The summed E-state index contributed by atoms with van der Waals surface area (Å²) in [6.07, 6.45) is -4.51. The summed E-state index contributed by atoms with van der Waals surface area (Å²) in [6.45, 7) is -2.24. The van der Waals surface area contributed by atoms with Gasteiger partial charge in [-0.2, -0.15) is 13.2 Å². The summed E-state index contributed by atoms with van der Waals surface area (Å²) in [5.74, 6) is -1.79. The van der Waals surface area contributed by atoms with Gasteiger partial charge in [-0.05, 0) is 24.3 Å². The fourth-order valence-electron chi connectivity index (χ4n) is 1.99. The van der Waals surface area contributed by atoms with Crippen LogP contribution in [0.4, 0.5) is 13.2 Å². The average Bonchev–Trinajstić information content (AvgIpc) is 3.23. The van der Waals surface area contributed by atoms with Crippen molar-refractivity contribution in [1.29, 1.82) is 0 Å². The average molecular weight is 400 g/mol. The summed E-state index contributed by atoms with van der Waals surface area (Å²) in [7, 11) is 0. The summed E-state index contributed by atoms with van der Waals surface area (Å²) in [4.78, 5) is 28.7. The van der Waals surface area contributed by atoms with Gasteiger partial charge in [0.05, 0.1) is 15.1 Å². The van der Waals surface area contributed by atoms with Gasteiger partial charge in [0.15, 0.2) is 6.61 Å². The van der Waals surface area contributed by atoms with Gasteiger partial charge in [0.2, 0.25) is 0 Å². The zero-order chi connectivity index (χ0) is 18.7. The zero-order valence-electron chi connectivity index (χ0n) is 13.0. The monoisotopic (exact) mass is 400 g/mol. The fraction of sp³-hybridized carbons (Fsp3) is 0.188. The molecule has 0 saturated heterocycles. The molecule has 1 amide bonds. The molecule has 0 aliphatic heterocycles. The van der Waals surface area contributed by atoms with Crippen molar-refractivity contribution in [3.05, 3.63) is 41.3 Å². The quantitative estimate of drug-likeness (QED) is 0.661. The van der Waals surface area contributed by atoms with Crippen molar-refractivity contribution < 1.29 is 27.5 Å². The number of rotatable bonds is 5.